The molecule has 1 N–H and O–H groups in total. The molecular formula is C19H19NO6S. The van der Waals surface area contributed by atoms with Gasteiger partial charge in [0.25, 0.3) is 5.91 Å². The minimum atomic E-state index is -3.48. The first-order valence-electron chi connectivity index (χ1n) is 8.24. The molecule has 0 fully saturated rings. The zero-order chi connectivity index (χ0) is 19.8. The summed E-state index contributed by atoms with van der Waals surface area (Å²) in [5.41, 5.74) is 2.33. The molecule has 3 rings (SSSR count). The van der Waals surface area contributed by atoms with Crippen molar-refractivity contribution in [2.75, 3.05) is 24.8 Å². The van der Waals surface area contributed by atoms with Crippen molar-refractivity contribution in [3.05, 3.63) is 53.1 Å². The van der Waals surface area contributed by atoms with Crippen molar-refractivity contribution in [2.45, 2.75) is 17.7 Å². The number of sulfone groups is 1. The van der Waals surface area contributed by atoms with Crippen LogP contribution in [-0.2, 0) is 27.5 Å². The van der Waals surface area contributed by atoms with Gasteiger partial charge in [-0.1, -0.05) is 12.1 Å². The molecule has 0 saturated carbocycles. The number of methoxy groups -OCH3 is 1. The highest BCUT2D eigenvalue weighted by Crippen LogP contribution is 2.33. The third-order valence-corrected chi connectivity index (χ3v) is 5.59. The van der Waals surface area contributed by atoms with E-state index in [0.29, 0.717) is 24.2 Å². The number of carboxylic acids is 1. The Morgan fingerprint density at radius 1 is 1.19 bits per heavy atom. The van der Waals surface area contributed by atoms with Gasteiger partial charge in [0.05, 0.1) is 24.0 Å². The van der Waals surface area contributed by atoms with Crippen molar-refractivity contribution in [3.63, 3.8) is 0 Å². The summed E-state index contributed by atoms with van der Waals surface area (Å²) in [4.78, 5) is 25.7. The molecule has 0 atom stereocenters. The van der Waals surface area contributed by atoms with Crippen LogP contribution >= 0.6 is 0 Å². The third kappa shape index (κ3) is 3.80. The summed E-state index contributed by atoms with van der Waals surface area (Å²) < 4.78 is 28.9. The van der Waals surface area contributed by atoms with Gasteiger partial charge in [-0.3, -0.25) is 9.59 Å². The zero-order valence-corrected chi connectivity index (χ0v) is 15.7. The molecule has 1 aliphatic heterocycles. The summed E-state index contributed by atoms with van der Waals surface area (Å²) in [5, 5.41) is 8.99. The van der Waals surface area contributed by atoms with Gasteiger partial charge in [-0.25, -0.2) is 8.42 Å². The Labute approximate surface area is 157 Å². The van der Waals surface area contributed by atoms with Crippen LogP contribution in [0.1, 0.15) is 21.5 Å². The topological polar surface area (TPSA) is 101 Å². The standard InChI is InChI=1S/C19H19NO6S/c1-26-17-6-5-14(27(2,24)25)11-15(17)19(23)20-8-7-13-4-3-12(9-16(13)20)10-18(21)22/h3-6,9,11H,7-8,10H2,1-2H3,(H,21,22). The van der Waals surface area contributed by atoms with E-state index in [1.807, 2.05) is 6.07 Å². The van der Waals surface area contributed by atoms with E-state index in [9.17, 15) is 18.0 Å². The van der Waals surface area contributed by atoms with Crippen LogP contribution in [0.15, 0.2) is 41.3 Å². The predicted molar refractivity (Wildman–Crippen MR) is 99.3 cm³/mol. The molecule has 2 aromatic carbocycles. The highest BCUT2D eigenvalue weighted by Gasteiger charge is 2.28. The molecule has 0 bridgehead atoms. The molecule has 1 heterocycles. The van der Waals surface area contributed by atoms with Crippen molar-refractivity contribution < 1.29 is 27.9 Å². The maximum Gasteiger partial charge on any atom is 0.307 e. The largest absolute Gasteiger partial charge is 0.496 e. The Balaban J connectivity index is 2.02. The van der Waals surface area contributed by atoms with E-state index >= 15 is 0 Å². The monoisotopic (exact) mass is 389 g/mol. The van der Waals surface area contributed by atoms with Crippen LogP contribution in [0.4, 0.5) is 5.69 Å². The van der Waals surface area contributed by atoms with Gasteiger partial charge in [0, 0.05) is 18.5 Å². The lowest BCUT2D eigenvalue weighted by Gasteiger charge is -2.20. The van der Waals surface area contributed by atoms with E-state index in [-0.39, 0.29) is 28.5 Å². The fourth-order valence-electron chi connectivity index (χ4n) is 3.15. The number of aliphatic carboxylic acids is 1. The molecule has 0 aliphatic carbocycles. The normalized spacial score (nSPS) is 13.3. The fraction of sp³-hybridized carbons (Fsp3) is 0.263. The second-order valence-corrected chi connectivity index (χ2v) is 8.39. The average molecular weight is 389 g/mol. The van der Waals surface area contributed by atoms with Gasteiger partial charge in [0.1, 0.15) is 5.75 Å². The summed E-state index contributed by atoms with van der Waals surface area (Å²) >= 11 is 0. The van der Waals surface area contributed by atoms with Crippen molar-refractivity contribution >= 4 is 27.4 Å². The number of nitrogens with zero attached hydrogens (tertiary/aromatic N) is 1. The van der Waals surface area contributed by atoms with Crippen LogP contribution in [0.2, 0.25) is 0 Å². The molecule has 142 valence electrons. The number of anilines is 1. The molecule has 0 saturated heterocycles. The summed E-state index contributed by atoms with van der Waals surface area (Å²) in [6.45, 7) is 0.428. The number of benzene rings is 2. The quantitative estimate of drug-likeness (QED) is 0.839. The number of ether oxygens (including phenoxy) is 1. The molecule has 0 aromatic heterocycles. The van der Waals surface area contributed by atoms with Gasteiger partial charge in [0.15, 0.2) is 9.84 Å². The molecule has 0 radical (unpaired) electrons. The minimum absolute atomic E-state index is 0.0331. The highest BCUT2D eigenvalue weighted by molar-refractivity contribution is 7.90. The Morgan fingerprint density at radius 3 is 2.56 bits per heavy atom. The highest BCUT2D eigenvalue weighted by atomic mass is 32.2. The number of carbonyl (C=O) groups excluding carboxylic acids is 1. The van der Waals surface area contributed by atoms with Crippen molar-refractivity contribution in [3.8, 4) is 5.75 Å². The Bertz CT molecular complexity index is 1030. The third-order valence-electron chi connectivity index (χ3n) is 4.48. The van der Waals surface area contributed by atoms with Gasteiger partial charge >= 0.3 is 5.97 Å². The lowest BCUT2D eigenvalue weighted by atomic mass is 10.1. The summed E-state index contributed by atoms with van der Waals surface area (Å²) in [6, 6.07) is 9.43. The van der Waals surface area contributed by atoms with Crippen LogP contribution in [0.3, 0.4) is 0 Å². The summed E-state index contributed by atoms with van der Waals surface area (Å²) in [6.07, 6.45) is 1.58. The van der Waals surface area contributed by atoms with E-state index in [1.165, 1.54) is 30.2 Å². The SMILES string of the molecule is COc1ccc(S(C)(=O)=O)cc1C(=O)N1CCc2ccc(CC(=O)O)cc21. The molecule has 27 heavy (non-hydrogen) atoms. The fourth-order valence-corrected chi connectivity index (χ4v) is 3.80. The predicted octanol–water partition coefficient (Wildman–Crippen LogP) is 1.93. The Kier molecular flexibility index (Phi) is 4.93. The zero-order valence-electron chi connectivity index (χ0n) is 14.9. The first-order valence-corrected chi connectivity index (χ1v) is 10.1. The van der Waals surface area contributed by atoms with Gasteiger partial charge in [0.2, 0.25) is 0 Å². The van der Waals surface area contributed by atoms with Crippen molar-refractivity contribution in [1.82, 2.24) is 0 Å². The second-order valence-electron chi connectivity index (χ2n) is 6.37. The molecule has 1 amide bonds. The van der Waals surface area contributed by atoms with E-state index in [2.05, 4.69) is 0 Å². The average Bonchev–Trinajstić information content (AvgIpc) is 3.02. The second kappa shape index (κ2) is 7.03. The minimum Gasteiger partial charge on any atom is -0.496 e. The van der Waals surface area contributed by atoms with E-state index in [4.69, 9.17) is 9.84 Å². The van der Waals surface area contributed by atoms with Crippen molar-refractivity contribution in [2.24, 2.45) is 0 Å². The van der Waals surface area contributed by atoms with Crippen LogP contribution in [-0.4, -0.2) is 45.3 Å². The van der Waals surface area contributed by atoms with E-state index in [0.717, 1.165) is 11.8 Å². The summed E-state index contributed by atoms with van der Waals surface area (Å²) in [5.74, 6) is -1.06. The first-order chi connectivity index (χ1) is 12.7. The van der Waals surface area contributed by atoms with Crippen LogP contribution in [0.25, 0.3) is 0 Å². The number of amides is 1. The number of carbonyl (C=O) groups is 2. The van der Waals surface area contributed by atoms with Crippen molar-refractivity contribution in [1.29, 1.82) is 0 Å². The van der Waals surface area contributed by atoms with Gasteiger partial charge in [-0.2, -0.15) is 0 Å². The molecule has 8 heteroatoms. The van der Waals surface area contributed by atoms with Crippen LogP contribution in [0.5, 0.6) is 5.75 Å². The van der Waals surface area contributed by atoms with Crippen LogP contribution in [0, 0.1) is 0 Å². The molecule has 1 aliphatic rings. The number of carboxylic acid groups (broad SMARTS) is 1. The van der Waals surface area contributed by atoms with Gasteiger partial charge in [-0.15, -0.1) is 0 Å². The molecular weight excluding hydrogens is 370 g/mol. The van der Waals surface area contributed by atoms with Crippen LogP contribution < -0.4 is 9.64 Å². The molecule has 0 spiro atoms. The van der Waals surface area contributed by atoms with E-state index < -0.39 is 15.8 Å². The lowest BCUT2D eigenvalue weighted by molar-refractivity contribution is -0.136. The van der Waals surface area contributed by atoms with Gasteiger partial charge in [-0.05, 0) is 41.8 Å². The molecule has 7 nitrogen and oxygen atoms in total. The molecule has 2 aromatic rings. The Morgan fingerprint density at radius 2 is 1.93 bits per heavy atom. The van der Waals surface area contributed by atoms with Gasteiger partial charge < -0.3 is 14.7 Å². The number of rotatable bonds is 5. The molecule has 0 unspecified atom stereocenters. The maximum atomic E-state index is 13.1. The maximum absolute atomic E-state index is 13.1. The van der Waals surface area contributed by atoms with E-state index in [1.54, 1.807) is 12.1 Å². The number of fused-ring (bicyclic) bond motifs is 1. The number of hydrogen-bond donors (Lipinski definition) is 1. The summed E-state index contributed by atoms with van der Waals surface area (Å²) in [7, 11) is -2.07. The lowest BCUT2D eigenvalue weighted by Crippen LogP contribution is -2.29. The number of hydrogen-bond acceptors (Lipinski definition) is 5. The first kappa shape index (κ1) is 18.9. The Hall–Kier alpha value is -2.87. The smallest absolute Gasteiger partial charge is 0.307 e.